The van der Waals surface area contributed by atoms with Crippen LogP contribution in [0, 0.1) is 0 Å². The molecule has 21 heavy (non-hydrogen) atoms. The van der Waals surface area contributed by atoms with Gasteiger partial charge >= 0.3 is 5.97 Å². The van der Waals surface area contributed by atoms with Crippen molar-refractivity contribution in [1.29, 1.82) is 0 Å². The number of carbonyl (C=O) groups excluding carboxylic acids is 3. The van der Waals surface area contributed by atoms with Gasteiger partial charge in [0.2, 0.25) is 5.91 Å². The average Bonchev–Trinajstić information content (AvgIpc) is 2.91. The Morgan fingerprint density at radius 1 is 1.38 bits per heavy atom. The smallest absolute Gasteiger partial charge is 0.328 e. The molecule has 8 nitrogen and oxygen atoms in total. The van der Waals surface area contributed by atoms with E-state index in [1.54, 1.807) is 0 Å². The Balaban J connectivity index is 2.04. The minimum atomic E-state index is -0.667. The molecule has 1 fully saturated rings. The molecule has 2 amide bonds. The summed E-state index contributed by atoms with van der Waals surface area (Å²) in [5, 5.41) is 2.75. The number of amides is 2. The first kappa shape index (κ1) is 14.9. The Morgan fingerprint density at radius 3 is 2.71 bits per heavy atom. The van der Waals surface area contributed by atoms with E-state index >= 15 is 0 Å². The second kappa shape index (κ2) is 6.29. The van der Waals surface area contributed by atoms with Crippen molar-refractivity contribution in [3.8, 4) is 0 Å². The maximum absolute atomic E-state index is 12.0. The van der Waals surface area contributed by atoms with Crippen LogP contribution in [0.5, 0.6) is 0 Å². The van der Waals surface area contributed by atoms with Crippen molar-refractivity contribution in [1.82, 2.24) is 20.2 Å². The molecule has 1 aliphatic heterocycles. The molecule has 1 aromatic heterocycles. The van der Waals surface area contributed by atoms with E-state index in [9.17, 15) is 14.4 Å². The van der Waals surface area contributed by atoms with Crippen LogP contribution < -0.4 is 5.32 Å². The summed E-state index contributed by atoms with van der Waals surface area (Å²) in [6, 6.07) is -0.993. The molecule has 112 valence electrons. The summed E-state index contributed by atoms with van der Waals surface area (Å²) in [7, 11) is 1.27. The lowest BCUT2D eigenvalue weighted by atomic mass is 10.1. The molecule has 0 radical (unpaired) electrons. The van der Waals surface area contributed by atoms with Gasteiger partial charge in [0.25, 0.3) is 5.91 Å². The monoisotopic (exact) mass is 292 g/mol. The second-order valence-corrected chi connectivity index (χ2v) is 4.71. The first-order valence-corrected chi connectivity index (χ1v) is 6.45. The number of aromatic nitrogens is 2. The van der Waals surface area contributed by atoms with Crippen LogP contribution >= 0.6 is 0 Å². The summed E-state index contributed by atoms with van der Waals surface area (Å²) in [6.45, 7) is 1.64. The third-order valence-electron chi connectivity index (χ3n) is 3.31. The highest BCUT2D eigenvalue weighted by Gasteiger charge is 2.39. The Labute approximate surface area is 121 Å². The Hall–Kier alpha value is -2.51. The molecule has 1 saturated heterocycles. The summed E-state index contributed by atoms with van der Waals surface area (Å²) in [5.41, 5.74) is 0.188. The fourth-order valence-corrected chi connectivity index (χ4v) is 2.32. The number of methoxy groups -OCH3 is 1. The van der Waals surface area contributed by atoms with E-state index < -0.39 is 12.0 Å². The Bertz CT molecular complexity index is 548. The first-order valence-electron chi connectivity index (χ1n) is 6.45. The molecule has 2 heterocycles. The van der Waals surface area contributed by atoms with Crippen LogP contribution in [-0.2, 0) is 14.3 Å². The van der Waals surface area contributed by atoms with Gasteiger partial charge in [-0.15, -0.1) is 0 Å². The average molecular weight is 292 g/mol. The molecular weight excluding hydrogens is 276 g/mol. The van der Waals surface area contributed by atoms with E-state index in [1.165, 1.54) is 37.5 Å². The van der Waals surface area contributed by atoms with Gasteiger partial charge in [-0.25, -0.2) is 9.78 Å². The van der Waals surface area contributed by atoms with Crippen LogP contribution in [0.2, 0.25) is 0 Å². The van der Waals surface area contributed by atoms with Crippen molar-refractivity contribution >= 4 is 17.8 Å². The van der Waals surface area contributed by atoms with Gasteiger partial charge in [-0.2, -0.15) is 0 Å². The predicted molar refractivity (Wildman–Crippen MR) is 71.1 cm³/mol. The fourth-order valence-electron chi connectivity index (χ4n) is 2.32. The van der Waals surface area contributed by atoms with Crippen molar-refractivity contribution in [3.05, 3.63) is 24.3 Å². The molecule has 0 saturated carbocycles. The van der Waals surface area contributed by atoms with Crippen LogP contribution in [0.15, 0.2) is 18.6 Å². The Morgan fingerprint density at radius 2 is 2.14 bits per heavy atom. The van der Waals surface area contributed by atoms with Crippen molar-refractivity contribution in [2.24, 2.45) is 0 Å². The van der Waals surface area contributed by atoms with Gasteiger partial charge in [0.05, 0.1) is 13.3 Å². The minimum absolute atomic E-state index is 0.188. The molecule has 0 aromatic carbocycles. The normalized spacial score (nSPS) is 21.0. The highest BCUT2D eigenvalue weighted by Crippen LogP contribution is 2.19. The van der Waals surface area contributed by atoms with E-state index in [1.807, 2.05) is 0 Å². The molecule has 1 aliphatic rings. The number of hydrogen-bond donors (Lipinski definition) is 1. The molecule has 1 N–H and O–H groups in total. The van der Waals surface area contributed by atoms with Crippen molar-refractivity contribution in [2.75, 3.05) is 13.7 Å². The quantitative estimate of drug-likeness (QED) is 0.744. The third-order valence-corrected chi connectivity index (χ3v) is 3.31. The zero-order valence-corrected chi connectivity index (χ0v) is 11.8. The van der Waals surface area contributed by atoms with Gasteiger partial charge in [0, 0.05) is 38.3 Å². The van der Waals surface area contributed by atoms with Crippen LogP contribution in [0.1, 0.15) is 23.8 Å². The minimum Gasteiger partial charge on any atom is -0.467 e. The lowest BCUT2D eigenvalue weighted by Gasteiger charge is -2.20. The SMILES string of the molecule is COC(=O)[C@@H]1C[C@H](NC(=O)c2cnccn2)CN1C(C)=O. The number of rotatable bonds is 3. The zero-order valence-electron chi connectivity index (χ0n) is 11.8. The molecule has 2 rings (SSSR count). The molecular formula is C13H16N4O4. The van der Waals surface area contributed by atoms with Crippen molar-refractivity contribution in [2.45, 2.75) is 25.4 Å². The van der Waals surface area contributed by atoms with Crippen molar-refractivity contribution in [3.63, 3.8) is 0 Å². The van der Waals surface area contributed by atoms with Gasteiger partial charge in [-0.05, 0) is 0 Å². The number of nitrogens with one attached hydrogen (secondary N) is 1. The lowest BCUT2D eigenvalue weighted by Crippen LogP contribution is -2.40. The first-order chi connectivity index (χ1) is 10.0. The summed E-state index contributed by atoms with van der Waals surface area (Å²) < 4.78 is 4.68. The van der Waals surface area contributed by atoms with Gasteiger partial charge in [-0.3, -0.25) is 14.6 Å². The summed E-state index contributed by atoms with van der Waals surface area (Å²) >= 11 is 0. The number of likely N-dealkylation sites (tertiary alicyclic amines) is 1. The molecule has 0 aliphatic carbocycles. The van der Waals surface area contributed by atoms with Crippen LogP contribution in [0.4, 0.5) is 0 Å². The van der Waals surface area contributed by atoms with Gasteiger partial charge < -0.3 is 15.0 Å². The predicted octanol–water partition coefficient (Wildman–Crippen LogP) is -0.631. The van der Waals surface area contributed by atoms with Gasteiger partial charge in [0.15, 0.2) is 0 Å². The number of hydrogen-bond acceptors (Lipinski definition) is 6. The number of esters is 1. The Kier molecular flexibility index (Phi) is 4.46. The molecule has 1 aromatic rings. The summed E-state index contributed by atoms with van der Waals surface area (Å²) in [6.07, 6.45) is 4.56. The van der Waals surface area contributed by atoms with E-state index in [2.05, 4.69) is 20.0 Å². The van der Waals surface area contributed by atoms with Crippen LogP contribution in [-0.4, -0.2) is 58.4 Å². The second-order valence-electron chi connectivity index (χ2n) is 4.71. The number of ether oxygens (including phenoxy) is 1. The largest absolute Gasteiger partial charge is 0.467 e. The topological polar surface area (TPSA) is 101 Å². The maximum Gasteiger partial charge on any atom is 0.328 e. The van der Waals surface area contributed by atoms with Gasteiger partial charge in [-0.1, -0.05) is 0 Å². The summed E-state index contributed by atoms with van der Waals surface area (Å²) in [5.74, 6) is -1.11. The number of nitrogens with zero attached hydrogens (tertiary/aromatic N) is 3. The van der Waals surface area contributed by atoms with Crippen LogP contribution in [0.3, 0.4) is 0 Å². The molecule has 8 heteroatoms. The highest BCUT2D eigenvalue weighted by molar-refractivity contribution is 5.92. The lowest BCUT2D eigenvalue weighted by molar-refractivity contribution is -0.150. The maximum atomic E-state index is 12.0. The number of carbonyl (C=O) groups is 3. The van der Waals surface area contributed by atoms with Gasteiger partial charge in [0.1, 0.15) is 11.7 Å². The van der Waals surface area contributed by atoms with E-state index in [0.29, 0.717) is 6.42 Å². The molecule has 0 spiro atoms. The van der Waals surface area contributed by atoms with E-state index in [4.69, 9.17) is 0 Å². The van der Waals surface area contributed by atoms with Crippen molar-refractivity contribution < 1.29 is 19.1 Å². The highest BCUT2D eigenvalue weighted by atomic mass is 16.5. The zero-order chi connectivity index (χ0) is 15.4. The molecule has 2 atom stereocenters. The third kappa shape index (κ3) is 3.33. The standard InChI is InChI=1S/C13H16N4O4/c1-8(18)17-7-9(5-11(17)13(20)21-2)16-12(19)10-6-14-3-4-15-10/h3-4,6,9,11H,5,7H2,1-2H3,(H,16,19)/t9-,11-/m0/s1. The molecule has 0 unspecified atom stereocenters. The summed E-state index contributed by atoms with van der Waals surface area (Å²) in [4.78, 5) is 44.3. The van der Waals surface area contributed by atoms with E-state index in [0.717, 1.165) is 0 Å². The molecule has 0 bridgehead atoms. The fraction of sp³-hybridized carbons (Fsp3) is 0.462. The van der Waals surface area contributed by atoms with Crippen LogP contribution in [0.25, 0.3) is 0 Å². The van der Waals surface area contributed by atoms with E-state index in [-0.39, 0.29) is 30.1 Å².